The van der Waals surface area contributed by atoms with Crippen LogP contribution in [-0.4, -0.2) is 30.1 Å². The van der Waals surface area contributed by atoms with Crippen LogP contribution in [0.4, 0.5) is 0 Å². The number of aromatic nitrogens is 6. The first-order valence-electron chi connectivity index (χ1n) is 12.8. The number of rotatable bonds is 7. The van der Waals surface area contributed by atoms with Gasteiger partial charge < -0.3 is 10.3 Å². The molecule has 0 saturated carbocycles. The topological polar surface area (TPSA) is 95.2 Å². The standard InChI is InChI=1S/C31H25N7S/c1-19-11-27-26(13-25(19)23-12-21(16-33-17-23)15-32-14-20-5-3-2-4-6-20)29(38-37-27)31-35-28-24(22-8-10-39-18-22)7-9-34-30(28)36-31/h2-13,16-18,32H,14-15H2,1H3,(H,37,38)(H,34,35,36). The zero-order chi connectivity index (χ0) is 26.2. The number of benzene rings is 2. The van der Waals surface area contributed by atoms with E-state index >= 15 is 0 Å². The van der Waals surface area contributed by atoms with Gasteiger partial charge in [-0.15, -0.1) is 0 Å². The van der Waals surface area contributed by atoms with Crippen LogP contribution in [-0.2, 0) is 13.1 Å². The van der Waals surface area contributed by atoms with Crippen LogP contribution in [0.2, 0.25) is 0 Å². The summed E-state index contributed by atoms with van der Waals surface area (Å²) < 4.78 is 0. The second-order valence-electron chi connectivity index (χ2n) is 9.61. The van der Waals surface area contributed by atoms with E-state index in [4.69, 9.17) is 4.98 Å². The van der Waals surface area contributed by atoms with Gasteiger partial charge in [-0.25, -0.2) is 9.97 Å². The molecule has 5 aromatic heterocycles. The fourth-order valence-electron chi connectivity index (χ4n) is 5.02. The van der Waals surface area contributed by atoms with Gasteiger partial charge in [0.05, 0.1) is 11.0 Å². The van der Waals surface area contributed by atoms with Crippen molar-refractivity contribution in [2.24, 2.45) is 0 Å². The molecule has 7 aromatic rings. The van der Waals surface area contributed by atoms with Crippen LogP contribution in [0, 0.1) is 6.92 Å². The minimum Gasteiger partial charge on any atom is -0.335 e. The quantitative estimate of drug-likeness (QED) is 0.210. The number of nitrogens with one attached hydrogen (secondary N) is 3. The summed E-state index contributed by atoms with van der Waals surface area (Å²) in [6, 6.07) is 21.1. The fourth-order valence-corrected chi connectivity index (χ4v) is 5.68. The van der Waals surface area contributed by atoms with Gasteiger partial charge in [-0.1, -0.05) is 30.3 Å². The second kappa shape index (κ2) is 9.90. The first-order valence-corrected chi connectivity index (χ1v) is 13.7. The normalized spacial score (nSPS) is 11.5. The summed E-state index contributed by atoms with van der Waals surface area (Å²) in [5.74, 6) is 0.693. The first-order chi connectivity index (χ1) is 19.2. The van der Waals surface area contributed by atoms with Crippen molar-refractivity contribution in [2.45, 2.75) is 20.0 Å². The van der Waals surface area contributed by atoms with Crippen LogP contribution in [0.5, 0.6) is 0 Å². The van der Waals surface area contributed by atoms with Gasteiger partial charge >= 0.3 is 0 Å². The average Bonchev–Trinajstić information content (AvgIpc) is 3.73. The monoisotopic (exact) mass is 527 g/mol. The molecule has 7 nitrogen and oxygen atoms in total. The Morgan fingerprint density at radius 1 is 0.897 bits per heavy atom. The maximum Gasteiger partial charge on any atom is 0.178 e. The van der Waals surface area contributed by atoms with E-state index in [1.54, 1.807) is 17.5 Å². The molecule has 39 heavy (non-hydrogen) atoms. The smallest absolute Gasteiger partial charge is 0.178 e. The molecule has 0 aliphatic rings. The number of hydrogen-bond acceptors (Lipinski definition) is 6. The molecule has 5 heterocycles. The number of hydrogen-bond donors (Lipinski definition) is 3. The summed E-state index contributed by atoms with van der Waals surface area (Å²) in [6.45, 7) is 3.68. The van der Waals surface area contributed by atoms with Crippen molar-refractivity contribution in [1.29, 1.82) is 0 Å². The van der Waals surface area contributed by atoms with Gasteiger partial charge in [-0.3, -0.25) is 10.1 Å². The van der Waals surface area contributed by atoms with E-state index in [0.29, 0.717) is 11.5 Å². The maximum absolute atomic E-state index is 4.81. The highest BCUT2D eigenvalue weighted by Gasteiger charge is 2.17. The molecule has 190 valence electrons. The Morgan fingerprint density at radius 3 is 2.67 bits per heavy atom. The first kappa shape index (κ1) is 23.5. The van der Waals surface area contributed by atoms with Crippen LogP contribution in [0.25, 0.3) is 55.8 Å². The molecule has 2 aromatic carbocycles. The SMILES string of the molecule is Cc1cc2[nH]nc(-c3nc4nccc(-c5ccsc5)c4[nH]3)c2cc1-c1cncc(CNCc2ccccc2)c1. The Kier molecular flexibility index (Phi) is 5.96. The third-order valence-electron chi connectivity index (χ3n) is 6.96. The van der Waals surface area contributed by atoms with E-state index in [1.807, 2.05) is 24.5 Å². The molecular formula is C31H25N7S. The minimum absolute atomic E-state index is 0.678. The van der Waals surface area contributed by atoms with Crippen LogP contribution >= 0.6 is 11.3 Å². The van der Waals surface area contributed by atoms with Gasteiger partial charge in [0.25, 0.3) is 0 Å². The number of imidazole rings is 1. The molecular weight excluding hydrogens is 502 g/mol. The van der Waals surface area contributed by atoms with Crippen molar-refractivity contribution in [1.82, 2.24) is 35.5 Å². The Hall–Kier alpha value is -4.66. The highest BCUT2D eigenvalue weighted by atomic mass is 32.1. The van der Waals surface area contributed by atoms with Gasteiger partial charge in [0.1, 0.15) is 5.69 Å². The lowest BCUT2D eigenvalue weighted by atomic mass is 9.98. The van der Waals surface area contributed by atoms with E-state index in [1.165, 1.54) is 5.56 Å². The number of pyridine rings is 2. The van der Waals surface area contributed by atoms with Crippen molar-refractivity contribution in [3.63, 3.8) is 0 Å². The minimum atomic E-state index is 0.678. The predicted octanol–water partition coefficient (Wildman–Crippen LogP) is 6.89. The lowest BCUT2D eigenvalue weighted by Crippen LogP contribution is -2.12. The van der Waals surface area contributed by atoms with Crippen molar-refractivity contribution >= 4 is 33.4 Å². The molecule has 0 radical (unpaired) electrons. The van der Waals surface area contributed by atoms with E-state index in [9.17, 15) is 0 Å². The molecule has 0 aliphatic heterocycles. The van der Waals surface area contributed by atoms with Gasteiger partial charge in [0, 0.05) is 48.2 Å². The lowest BCUT2D eigenvalue weighted by molar-refractivity contribution is 0.691. The fraction of sp³-hybridized carbons (Fsp3) is 0.0968. The van der Waals surface area contributed by atoms with Crippen LogP contribution in [0.15, 0.2) is 90.0 Å². The number of aromatic amines is 2. The molecule has 0 fully saturated rings. The van der Waals surface area contributed by atoms with Crippen molar-refractivity contribution in [3.05, 3.63) is 107 Å². The molecule has 0 unspecified atom stereocenters. The summed E-state index contributed by atoms with van der Waals surface area (Å²) in [6.07, 6.45) is 5.65. The molecule has 8 heteroatoms. The molecule has 7 rings (SSSR count). The van der Waals surface area contributed by atoms with Crippen LogP contribution < -0.4 is 5.32 Å². The van der Waals surface area contributed by atoms with Crippen LogP contribution in [0.3, 0.4) is 0 Å². The van der Waals surface area contributed by atoms with Gasteiger partial charge in [-0.05, 0) is 75.8 Å². The molecule has 0 atom stereocenters. The number of nitrogens with zero attached hydrogens (tertiary/aromatic N) is 4. The molecule has 0 bridgehead atoms. The Labute approximate surface area is 229 Å². The number of H-pyrrole nitrogens is 2. The van der Waals surface area contributed by atoms with Crippen molar-refractivity contribution in [3.8, 4) is 33.8 Å². The summed E-state index contributed by atoms with van der Waals surface area (Å²) in [5.41, 5.74) is 11.3. The molecule has 0 saturated heterocycles. The molecule has 0 aliphatic carbocycles. The Balaban J connectivity index is 1.23. The predicted molar refractivity (Wildman–Crippen MR) is 157 cm³/mol. The second-order valence-corrected chi connectivity index (χ2v) is 10.4. The van der Waals surface area contributed by atoms with Gasteiger partial charge in [-0.2, -0.15) is 16.4 Å². The summed E-state index contributed by atoms with van der Waals surface area (Å²) in [5, 5.41) is 16.6. The van der Waals surface area contributed by atoms with Crippen molar-refractivity contribution in [2.75, 3.05) is 0 Å². The Bertz CT molecular complexity index is 1900. The molecule has 0 amide bonds. The summed E-state index contributed by atoms with van der Waals surface area (Å²) in [7, 11) is 0. The highest BCUT2D eigenvalue weighted by Crippen LogP contribution is 2.34. The van der Waals surface area contributed by atoms with Crippen LogP contribution in [0.1, 0.15) is 16.7 Å². The largest absolute Gasteiger partial charge is 0.335 e. The number of thiophene rings is 1. The Morgan fingerprint density at radius 2 is 1.79 bits per heavy atom. The number of aryl methyl sites for hydroxylation is 1. The average molecular weight is 528 g/mol. The van der Waals surface area contributed by atoms with E-state index in [-0.39, 0.29) is 0 Å². The number of fused-ring (bicyclic) bond motifs is 2. The summed E-state index contributed by atoms with van der Waals surface area (Å²) in [4.78, 5) is 17.4. The lowest BCUT2D eigenvalue weighted by Gasteiger charge is -2.10. The zero-order valence-electron chi connectivity index (χ0n) is 21.3. The molecule has 0 spiro atoms. The third kappa shape index (κ3) is 4.50. The van der Waals surface area contributed by atoms with E-state index < -0.39 is 0 Å². The van der Waals surface area contributed by atoms with Crippen molar-refractivity contribution < 1.29 is 0 Å². The third-order valence-corrected chi connectivity index (χ3v) is 7.65. The van der Waals surface area contributed by atoms with Gasteiger partial charge in [0.15, 0.2) is 11.5 Å². The maximum atomic E-state index is 4.81. The van der Waals surface area contributed by atoms with E-state index in [0.717, 1.165) is 68.6 Å². The zero-order valence-corrected chi connectivity index (χ0v) is 22.1. The highest BCUT2D eigenvalue weighted by molar-refractivity contribution is 7.08. The van der Waals surface area contributed by atoms with Gasteiger partial charge in [0.2, 0.25) is 0 Å². The van der Waals surface area contributed by atoms with E-state index in [2.05, 4.69) is 96.7 Å². The summed E-state index contributed by atoms with van der Waals surface area (Å²) >= 11 is 1.67. The molecule has 3 N–H and O–H groups in total.